The highest BCUT2D eigenvalue weighted by Crippen LogP contribution is 2.19. The number of hydrogen-bond acceptors (Lipinski definition) is 4. The van der Waals surface area contributed by atoms with Crippen LogP contribution in [0.2, 0.25) is 0 Å². The monoisotopic (exact) mass is 576 g/mol. The molecular weight excluding hydrogens is 539 g/mol. The highest BCUT2D eigenvalue weighted by molar-refractivity contribution is 14.0. The third-order valence-electron chi connectivity index (χ3n) is 6.67. The number of likely N-dealkylation sites (tertiary alicyclic amines) is 1. The number of hydrogen-bond donors (Lipinski definition) is 2. The zero-order valence-corrected chi connectivity index (χ0v) is 22.4. The summed E-state index contributed by atoms with van der Waals surface area (Å²) in [6, 6.07) is 19.3. The van der Waals surface area contributed by atoms with Crippen molar-refractivity contribution in [3.8, 4) is 0 Å². The van der Waals surface area contributed by atoms with Crippen LogP contribution in [0.1, 0.15) is 24.0 Å². The molecule has 2 saturated heterocycles. The van der Waals surface area contributed by atoms with Crippen LogP contribution in [0.25, 0.3) is 0 Å². The van der Waals surface area contributed by atoms with E-state index in [1.165, 1.54) is 16.8 Å². The highest BCUT2D eigenvalue weighted by Gasteiger charge is 2.24. The van der Waals surface area contributed by atoms with Gasteiger partial charge in [0.15, 0.2) is 5.96 Å². The van der Waals surface area contributed by atoms with Gasteiger partial charge >= 0.3 is 0 Å². The van der Waals surface area contributed by atoms with Crippen molar-refractivity contribution in [3.05, 3.63) is 65.7 Å². The van der Waals surface area contributed by atoms with Crippen LogP contribution >= 0.6 is 24.0 Å². The Kier molecular flexibility index (Phi) is 10.0. The molecule has 2 aliphatic heterocycles. The number of para-hydroxylation sites is 1. The van der Waals surface area contributed by atoms with E-state index in [9.17, 15) is 4.79 Å². The van der Waals surface area contributed by atoms with Crippen molar-refractivity contribution in [2.24, 2.45) is 16.6 Å². The summed E-state index contributed by atoms with van der Waals surface area (Å²) in [5.41, 5.74) is 9.33. The number of primary amides is 1. The molecule has 2 aliphatic rings. The van der Waals surface area contributed by atoms with Gasteiger partial charge in [0.2, 0.25) is 5.91 Å². The van der Waals surface area contributed by atoms with Gasteiger partial charge in [-0.3, -0.25) is 14.7 Å². The number of nitrogens with zero attached hydrogens (tertiary/aromatic N) is 4. The van der Waals surface area contributed by atoms with Crippen LogP contribution in [0.4, 0.5) is 5.69 Å². The molecule has 0 aliphatic carbocycles. The number of aliphatic imine (C=N–C) groups is 1. The number of piperidine rings is 1. The van der Waals surface area contributed by atoms with Gasteiger partial charge in [-0.2, -0.15) is 0 Å². The number of benzene rings is 2. The maximum Gasteiger partial charge on any atom is 0.221 e. The molecule has 34 heavy (non-hydrogen) atoms. The quantitative estimate of drug-likeness (QED) is 0.314. The lowest BCUT2D eigenvalue weighted by Crippen LogP contribution is -2.52. The van der Waals surface area contributed by atoms with E-state index < -0.39 is 0 Å². The van der Waals surface area contributed by atoms with E-state index in [4.69, 9.17) is 5.73 Å². The first-order valence-electron chi connectivity index (χ1n) is 12.0. The number of rotatable bonds is 6. The molecule has 184 valence electrons. The van der Waals surface area contributed by atoms with Crippen molar-refractivity contribution in [2.45, 2.75) is 25.9 Å². The Hall–Kier alpha value is -2.33. The van der Waals surface area contributed by atoms with Gasteiger partial charge in [-0.05, 0) is 42.6 Å². The largest absolute Gasteiger partial charge is 0.369 e. The molecular formula is C26H37IN6O. The average Bonchev–Trinajstić information content (AvgIpc) is 2.86. The minimum atomic E-state index is -0.173. The molecule has 0 radical (unpaired) electrons. The maximum absolute atomic E-state index is 11.6. The summed E-state index contributed by atoms with van der Waals surface area (Å²) in [4.78, 5) is 23.2. The molecule has 3 N–H and O–H groups in total. The molecule has 2 aromatic rings. The minimum Gasteiger partial charge on any atom is -0.369 e. The Bertz CT molecular complexity index is 945. The van der Waals surface area contributed by atoms with E-state index >= 15 is 0 Å². The second-order valence-electron chi connectivity index (χ2n) is 9.01. The van der Waals surface area contributed by atoms with E-state index in [1.54, 1.807) is 0 Å². The van der Waals surface area contributed by atoms with E-state index in [-0.39, 0.29) is 35.8 Å². The van der Waals surface area contributed by atoms with Crippen LogP contribution < -0.4 is 16.0 Å². The van der Waals surface area contributed by atoms with E-state index in [1.807, 2.05) is 7.05 Å². The first-order chi connectivity index (χ1) is 16.1. The van der Waals surface area contributed by atoms with Crippen molar-refractivity contribution in [1.82, 2.24) is 15.1 Å². The highest BCUT2D eigenvalue weighted by atomic mass is 127. The van der Waals surface area contributed by atoms with Crippen molar-refractivity contribution < 1.29 is 4.79 Å². The Labute approximate surface area is 220 Å². The second-order valence-corrected chi connectivity index (χ2v) is 9.01. The van der Waals surface area contributed by atoms with Gasteiger partial charge in [-0.15, -0.1) is 24.0 Å². The maximum atomic E-state index is 11.6. The zero-order chi connectivity index (χ0) is 23.0. The van der Waals surface area contributed by atoms with Crippen LogP contribution in [0.15, 0.2) is 59.6 Å². The molecule has 0 saturated carbocycles. The van der Waals surface area contributed by atoms with Gasteiger partial charge < -0.3 is 20.9 Å². The summed E-state index contributed by atoms with van der Waals surface area (Å²) in [7, 11) is 1.85. The summed E-state index contributed by atoms with van der Waals surface area (Å²) in [6.07, 6.45) is 1.94. The molecule has 1 atom stereocenters. The number of nitrogens with two attached hydrogens (primary N) is 1. The van der Waals surface area contributed by atoms with Crippen molar-refractivity contribution in [3.63, 3.8) is 0 Å². The Morgan fingerprint density at radius 3 is 2.47 bits per heavy atom. The first kappa shape index (κ1) is 26.3. The topological polar surface area (TPSA) is 77.2 Å². The van der Waals surface area contributed by atoms with Crippen molar-refractivity contribution in [2.75, 3.05) is 51.2 Å². The van der Waals surface area contributed by atoms with E-state index in [0.717, 1.165) is 71.2 Å². The van der Waals surface area contributed by atoms with Crippen LogP contribution in [0.3, 0.4) is 0 Å². The van der Waals surface area contributed by atoms with Crippen LogP contribution in [0, 0.1) is 5.92 Å². The third kappa shape index (κ3) is 7.09. The van der Waals surface area contributed by atoms with Crippen LogP contribution in [-0.4, -0.2) is 68.0 Å². The number of guanidine groups is 1. The summed E-state index contributed by atoms with van der Waals surface area (Å²) in [5.74, 6) is 0.761. The molecule has 7 nitrogen and oxygen atoms in total. The van der Waals surface area contributed by atoms with Crippen LogP contribution in [0.5, 0.6) is 0 Å². The van der Waals surface area contributed by atoms with Crippen LogP contribution in [-0.2, 0) is 17.9 Å². The molecule has 0 bridgehead atoms. The van der Waals surface area contributed by atoms with Gasteiger partial charge in [0.05, 0.1) is 5.92 Å². The van der Waals surface area contributed by atoms with E-state index in [2.05, 4.69) is 79.6 Å². The predicted molar refractivity (Wildman–Crippen MR) is 149 cm³/mol. The van der Waals surface area contributed by atoms with Crippen molar-refractivity contribution in [1.29, 1.82) is 0 Å². The molecule has 2 fully saturated rings. The number of carbonyl (C=O) groups excluding carboxylic acids is 1. The average molecular weight is 577 g/mol. The number of halogens is 1. The van der Waals surface area contributed by atoms with Gasteiger partial charge in [-0.25, -0.2) is 0 Å². The normalized spacial score (nSPS) is 19.4. The number of piperazine rings is 1. The molecule has 0 aromatic heterocycles. The zero-order valence-electron chi connectivity index (χ0n) is 20.0. The lowest BCUT2D eigenvalue weighted by Gasteiger charge is -2.37. The lowest BCUT2D eigenvalue weighted by atomic mass is 9.97. The molecule has 4 rings (SSSR count). The second kappa shape index (κ2) is 12.9. The fourth-order valence-corrected chi connectivity index (χ4v) is 4.86. The lowest BCUT2D eigenvalue weighted by molar-refractivity contribution is -0.123. The van der Waals surface area contributed by atoms with E-state index in [0.29, 0.717) is 0 Å². The van der Waals surface area contributed by atoms with Gasteiger partial charge in [-0.1, -0.05) is 42.5 Å². The molecule has 2 aromatic carbocycles. The predicted octanol–water partition coefficient (Wildman–Crippen LogP) is 2.90. The molecule has 8 heteroatoms. The smallest absolute Gasteiger partial charge is 0.221 e. The Morgan fingerprint density at radius 1 is 1.03 bits per heavy atom. The fraction of sp³-hybridized carbons (Fsp3) is 0.462. The Morgan fingerprint density at radius 2 is 1.76 bits per heavy atom. The molecule has 0 spiro atoms. The molecule has 1 unspecified atom stereocenters. The number of amides is 1. The first-order valence-corrected chi connectivity index (χ1v) is 12.0. The summed E-state index contributed by atoms with van der Waals surface area (Å²) >= 11 is 0. The summed E-state index contributed by atoms with van der Waals surface area (Å²) in [5, 5.41) is 3.55. The number of nitrogens with one attached hydrogen (secondary N) is 1. The number of anilines is 1. The number of carbonyl (C=O) groups is 1. The van der Waals surface area contributed by atoms with Crippen molar-refractivity contribution >= 4 is 41.5 Å². The minimum absolute atomic E-state index is 0. The standard InChI is InChI=1S/C26H36N6O.HI/c1-28-26(32-15-13-31(14-16-32)24-10-3-2-4-11-24)29-18-21-7-5-8-22(17-21)19-30-12-6-9-23(20-30)25(27)33;/h2-5,7-8,10-11,17,23H,6,9,12-16,18-20H2,1H3,(H2,27,33)(H,28,29);1H. The summed E-state index contributed by atoms with van der Waals surface area (Å²) in [6.45, 7) is 7.25. The molecule has 1 amide bonds. The van der Waals surface area contributed by atoms with Gasteiger partial charge in [0.25, 0.3) is 0 Å². The van der Waals surface area contributed by atoms with Gasteiger partial charge in [0, 0.05) is 58.5 Å². The Balaban J connectivity index is 0.00000324. The summed E-state index contributed by atoms with van der Waals surface area (Å²) < 4.78 is 0. The fourth-order valence-electron chi connectivity index (χ4n) is 4.86. The van der Waals surface area contributed by atoms with Gasteiger partial charge in [0.1, 0.15) is 0 Å². The third-order valence-corrected chi connectivity index (χ3v) is 6.67. The molecule has 2 heterocycles. The SMILES string of the molecule is CN=C(NCc1cccc(CN2CCCC(C(N)=O)C2)c1)N1CCN(c2ccccc2)CC1.I.